The summed E-state index contributed by atoms with van der Waals surface area (Å²) in [6, 6.07) is 18.3. The molecule has 5 nitrogen and oxygen atoms in total. The van der Waals surface area contributed by atoms with Crippen LogP contribution in [0.15, 0.2) is 70.9 Å². The van der Waals surface area contributed by atoms with Crippen molar-refractivity contribution in [3.05, 3.63) is 71.8 Å². The number of hydrogen-bond donors (Lipinski definition) is 0. The van der Waals surface area contributed by atoms with E-state index in [4.69, 9.17) is 9.47 Å². The number of hydrogen-bond acceptors (Lipinski definition) is 6. The number of piperidine rings is 1. The number of nitrogens with zero attached hydrogens (tertiary/aromatic N) is 3. The predicted molar refractivity (Wildman–Crippen MR) is 140 cm³/mol. The Morgan fingerprint density at radius 2 is 1.79 bits per heavy atom. The Labute approximate surface area is 201 Å². The van der Waals surface area contributed by atoms with Crippen LogP contribution in [-0.2, 0) is 4.74 Å². The zero-order valence-corrected chi connectivity index (χ0v) is 20.0. The lowest BCUT2D eigenvalue weighted by atomic mass is 10.1. The molecule has 1 saturated heterocycles. The lowest BCUT2D eigenvalue weighted by Crippen LogP contribution is -2.29. The first-order chi connectivity index (χ1) is 16.4. The zero-order valence-electron chi connectivity index (χ0n) is 19.2. The molecule has 33 heavy (non-hydrogen) atoms. The molecule has 2 aliphatic heterocycles. The van der Waals surface area contributed by atoms with Gasteiger partial charge in [0, 0.05) is 17.9 Å². The highest BCUT2D eigenvalue weighted by atomic mass is 32.2. The van der Waals surface area contributed by atoms with E-state index in [0.29, 0.717) is 12.5 Å². The van der Waals surface area contributed by atoms with Gasteiger partial charge in [-0.15, -0.1) is 5.10 Å². The van der Waals surface area contributed by atoms with E-state index in [1.165, 1.54) is 37.9 Å². The molecule has 2 aromatic carbocycles. The molecular weight excluding hydrogens is 430 g/mol. The number of benzene rings is 2. The van der Waals surface area contributed by atoms with Gasteiger partial charge in [0.15, 0.2) is 0 Å². The third-order valence-corrected chi connectivity index (χ3v) is 6.77. The summed E-state index contributed by atoms with van der Waals surface area (Å²) in [5.74, 6) is 3.39. The summed E-state index contributed by atoms with van der Waals surface area (Å²) in [5.41, 5.74) is 3.14. The Morgan fingerprint density at radius 1 is 0.970 bits per heavy atom. The van der Waals surface area contributed by atoms with Gasteiger partial charge in [-0.1, -0.05) is 48.9 Å². The van der Waals surface area contributed by atoms with Crippen molar-refractivity contribution in [3.63, 3.8) is 0 Å². The minimum Gasteiger partial charge on any atom is -0.494 e. The molecule has 0 atom stereocenters. The van der Waals surface area contributed by atoms with Crippen LogP contribution in [0.2, 0.25) is 0 Å². The van der Waals surface area contributed by atoms with Gasteiger partial charge in [-0.25, -0.2) is 0 Å². The minimum absolute atomic E-state index is 0.504. The van der Waals surface area contributed by atoms with E-state index in [-0.39, 0.29) is 0 Å². The predicted octanol–water partition coefficient (Wildman–Crippen LogP) is 5.52. The summed E-state index contributed by atoms with van der Waals surface area (Å²) in [6.45, 7) is 4.72. The van der Waals surface area contributed by atoms with E-state index in [9.17, 15) is 0 Å². The Morgan fingerprint density at radius 3 is 2.55 bits per heavy atom. The van der Waals surface area contributed by atoms with Crippen molar-refractivity contribution < 1.29 is 9.47 Å². The number of ether oxygens (including phenoxy) is 2. The molecule has 0 unspecified atom stereocenters. The van der Waals surface area contributed by atoms with Crippen molar-refractivity contribution >= 4 is 29.4 Å². The Bertz CT molecular complexity index is 936. The lowest BCUT2D eigenvalue weighted by Gasteiger charge is -2.24. The fraction of sp³-hybridized carbons (Fsp3) is 0.407. The van der Waals surface area contributed by atoms with Crippen LogP contribution in [0.3, 0.4) is 0 Å². The second-order valence-electron chi connectivity index (χ2n) is 8.31. The molecule has 1 fully saturated rings. The number of likely N-dealkylation sites (tertiary alicyclic amines) is 1. The molecule has 2 aliphatic rings. The van der Waals surface area contributed by atoms with Crippen molar-refractivity contribution in [3.8, 4) is 5.75 Å². The first-order valence-corrected chi connectivity index (χ1v) is 13.0. The first kappa shape index (κ1) is 23.6. The van der Waals surface area contributed by atoms with Crippen molar-refractivity contribution in [1.82, 2.24) is 4.90 Å². The normalized spacial score (nSPS) is 16.8. The summed E-state index contributed by atoms with van der Waals surface area (Å²) in [5, 5.41) is 8.69. The van der Waals surface area contributed by atoms with Gasteiger partial charge in [-0.3, -0.25) is 4.90 Å². The quantitative estimate of drug-likeness (QED) is 0.412. The van der Waals surface area contributed by atoms with Crippen LogP contribution in [0.4, 0.5) is 0 Å². The largest absolute Gasteiger partial charge is 0.494 e. The van der Waals surface area contributed by atoms with Crippen molar-refractivity contribution in [2.45, 2.75) is 25.7 Å². The van der Waals surface area contributed by atoms with Gasteiger partial charge in [-0.05, 0) is 67.9 Å². The number of rotatable bonds is 11. The van der Waals surface area contributed by atoms with Crippen LogP contribution in [0.1, 0.15) is 36.8 Å². The topological polar surface area (TPSA) is 46.4 Å². The van der Waals surface area contributed by atoms with Crippen LogP contribution in [0, 0.1) is 0 Å². The summed E-state index contributed by atoms with van der Waals surface area (Å²) >= 11 is 1.84. The van der Waals surface area contributed by atoms with E-state index in [0.717, 1.165) is 48.1 Å². The van der Waals surface area contributed by atoms with Gasteiger partial charge in [0.05, 0.1) is 12.3 Å². The molecule has 0 bridgehead atoms. The average Bonchev–Trinajstić information content (AvgIpc) is 2.88. The smallest absolute Gasteiger partial charge is 0.241 e. The van der Waals surface area contributed by atoms with Gasteiger partial charge in [-0.2, -0.15) is 16.9 Å². The molecule has 0 N–H and O–H groups in total. The number of thioether (sulfide) groups is 1. The molecule has 2 aromatic rings. The molecule has 6 heteroatoms. The molecule has 0 aromatic heterocycles. The SMILES string of the molecule is C(=C\c1ccc(C2=NN=C(CSCCCOc3ccccc3)CO2)cc1)/CN1CCCCC1. The fourth-order valence-corrected chi connectivity index (χ4v) is 4.65. The van der Waals surface area contributed by atoms with Crippen LogP contribution in [-0.4, -0.2) is 60.9 Å². The second-order valence-corrected chi connectivity index (χ2v) is 9.42. The molecule has 0 saturated carbocycles. The Balaban J connectivity index is 1.15. The average molecular weight is 464 g/mol. The molecule has 0 aliphatic carbocycles. The van der Waals surface area contributed by atoms with Crippen LogP contribution >= 0.6 is 11.8 Å². The highest BCUT2D eigenvalue weighted by Crippen LogP contribution is 2.14. The maximum absolute atomic E-state index is 5.87. The maximum atomic E-state index is 5.87. The minimum atomic E-state index is 0.504. The van der Waals surface area contributed by atoms with Gasteiger partial charge in [0.2, 0.25) is 5.90 Å². The summed E-state index contributed by atoms with van der Waals surface area (Å²) in [4.78, 5) is 2.52. The third kappa shape index (κ3) is 8.06. The lowest BCUT2D eigenvalue weighted by molar-refractivity contribution is 0.252. The van der Waals surface area contributed by atoms with E-state index >= 15 is 0 Å². The summed E-state index contributed by atoms with van der Waals surface area (Å²) < 4.78 is 11.6. The molecule has 4 rings (SSSR count). The molecular formula is C27H33N3O2S. The molecule has 174 valence electrons. The molecule has 0 amide bonds. The number of para-hydroxylation sites is 1. The highest BCUT2D eigenvalue weighted by molar-refractivity contribution is 7.99. The first-order valence-electron chi connectivity index (χ1n) is 11.9. The van der Waals surface area contributed by atoms with Gasteiger partial charge in [0.1, 0.15) is 12.4 Å². The van der Waals surface area contributed by atoms with E-state index < -0.39 is 0 Å². The third-order valence-electron chi connectivity index (χ3n) is 5.65. The molecule has 2 heterocycles. The second kappa shape index (κ2) is 13.2. The van der Waals surface area contributed by atoms with Crippen LogP contribution in [0.25, 0.3) is 6.08 Å². The summed E-state index contributed by atoms with van der Waals surface area (Å²) in [7, 11) is 0. The van der Waals surface area contributed by atoms with Crippen molar-refractivity contribution in [1.29, 1.82) is 0 Å². The molecule has 0 spiro atoms. The van der Waals surface area contributed by atoms with Gasteiger partial charge >= 0.3 is 0 Å². The highest BCUT2D eigenvalue weighted by Gasteiger charge is 2.13. The van der Waals surface area contributed by atoms with E-state index in [2.05, 4.69) is 51.5 Å². The Hall–Kier alpha value is -2.57. The van der Waals surface area contributed by atoms with Crippen LogP contribution < -0.4 is 4.74 Å². The van der Waals surface area contributed by atoms with Gasteiger partial charge < -0.3 is 9.47 Å². The zero-order chi connectivity index (χ0) is 22.6. The molecule has 0 radical (unpaired) electrons. The van der Waals surface area contributed by atoms with Gasteiger partial charge in [0.25, 0.3) is 0 Å². The van der Waals surface area contributed by atoms with Crippen molar-refractivity contribution in [2.24, 2.45) is 10.2 Å². The maximum Gasteiger partial charge on any atom is 0.241 e. The fourth-order valence-electron chi connectivity index (χ4n) is 3.81. The Kier molecular flexibility index (Phi) is 9.44. The monoisotopic (exact) mass is 463 g/mol. The van der Waals surface area contributed by atoms with E-state index in [1.807, 2.05) is 42.1 Å². The van der Waals surface area contributed by atoms with Crippen molar-refractivity contribution in [2.75, 3.05) is 44.4 Å². The standard InChI is InChI=1S/C27H33N3O2S/c1-3-10-26(11-4-1)31-19-8-20-33-22-25-21-32-27(29-28-25)24-14-12-23(13-15-24)9-7-18-30-16-5-2-6-17-30/h1,3-4,7,9-15H,2,5-6,8,16-22H2/b9-7+. The van der Waals surface area contributed by atoms with E-state index in [1.54, 1.807) is 0 Å². The summed E-state index contributed by atoms with van der Waals surface area (Å²) in [6.07, 6.45) is 9.50. The van der Waals surface area contributed by atoms with Crippen LogP contribution in [0.5, 0.6) is 5.75 Å².